The Morgan fingerprint density at radius 3 is 2.40 bits per heavy atom. The zero-order valence-corrected chi connectivity index (χ0v) is 13.4. The lowest BCUT2D eigenvalue weighted by Gasteiger charge is -2.39. The van der Waals surface area contributed by atoms with Crippen LogP contribution in [0.4, 0.5) is 0 Å². The molecule has 1 N–H and O–H groups in total. The molecule has 2 aliphatic carbocycles. The van der Waals surface area contributed by atoms with E-state index in [1.807, 2.05) is 0 Å². The maximum absolute atomic E-state index is 12.5. The molecule has 0 aromatic carbocycles. The molecule has 0 radical (unpaired) electrons. The summed E-state index contributed by atoms with van der Waals surface area (Å²) >= 11 is 0. The molecule has 2 aliphatic rings. The third kappa shape index (κ3) is 3.53. The minimum atomic E-state index is -0.497. The Morgan fingerprint density at radius 2 is 2.00 bits per heavy atom. The largest absolute Gasteiger partial charge is 0.468 e. The van der Waals surface area contributed by atoms with Crippen molar-refractivity contribution in [3.05, 3.63) is 0 Å². The van der Waals surface area contributed by atoms with Crippen LogP contribution in [0.3, 0.4) is 0 Å². The van der Waals surface area contributed by atoms with Crippen LogP contribution in [0.1, 0.15) is 46.5 Å². The monoisotopic (exact) mass is 282 g/mol. The Hall–Kier alpha value is -0.610. The normalized spacial score (nSPS) is 22.1. The zero-order valence-electron chi connectivity index (χ0n) is 13.4. The molecule has 116 valence electrons. The van der Waals surface area contributed by atoms with Crippen molar-refractivity contribution in [2.45, 2.75) is 58.0 Å². The minimum Gasteiger partial charge on any atom is -0.468 e. The molecule has 4 heteroatoms. The van der Waals surface area contributed by atoms with Crippen LogP contribution in [-0.2, 0) is 9.53 Å². The molecule has 0 spiro atoms. The molecule has 2 fully saturated rings. The predicted molar refractivity (Wildman–Crippen MR) is 80.6 cm³/mol. The zero-order chi connectivity index (χ0) is 14.8. The minimum absolute atomic E-state index is 0.0803. The fourth-order valence-electron chi connectivity index (χ4n) is 3.12. The van der Waals surface area contributed by atoms with Gasteiger partial charge in [0.2, 0.25) is 0 Å². The molecule has 0 aromatic heterocycles. The first-order valence-corrected chi connectivity index (χ1v) is 8.11. The summed E-state index contributed by atoms with van der Waals surface area (Å²) < 4.78 is 5.14. The van der Waals surface area contributed by atoms with Crippen molar-refractivity contribution in [1.82, 2.24) is 10.2 Å². The number of methoxy groups -OCH3 is 1. The summed E-state index contributed by atoms with van der Waals surface area (Å²) in [6.45, 7) is 9.23. The van der Waals surface area contributed by atoms with Gasteiger partial charge in [-0.05, 0) is 57.9 Å². The summed E-state index contributed by atoms with van der Waals surface area (Å²) in [6, 6.07) is 0.469. The van der Waals surface area contributed by atoms with Gasteiger partial charge in [0.1, 0.15) is 5.54 Å². The first-order valence-electron chi connectivity index (χ1n) is 8.11. The second kappa shape index (κ2) is 6.44. The molecule has 1 atom stereocenters. The fraction of sp³-hybridized carbons (Fsp3) is 0.938. The highest BCUT2D eigenvalue weighted by Gasteiger charge is 2.52. The predicted octanol–water partition coefficient (Wildman–Crippen LogP) is 2.04. The van der Waals surface area contributed by atoms with E-state index in [0.717, 1.165) is 38.4 Å². The van der Waals surface area contributed by atoms with Gasteiger partial charge in [0.25, 0.3) is 0 Å². The van der Waals surface area contributed by atoms with E-state index in [4.69, 9.17) is 4.74 Å². The second-order valence-corrected chi connectivity index (χ2v) is 6.73. The summed E-state index contributed by atoms with van der Waals surface area (Å²) in [7, 11) is 1.51. The third-order valence-corrected chi connectivity index (χ3v) is 4.69. The Balaban J connectivity index is 2.12. The number of nitrogens with one attached hydrogen (secondary N) is 1. The van der Waals surface area contributed by atoms with Gasteiger partial charge in [0.15, 0.2) is 0 Å². The number of ether oxygens (including phenoxy) is 1. The number of hydrogen-bond donors (Lipinski definition) is 1. The first-order chi connectivity index (χ1) is 9.53. The van der Waals surface area contributed by atoms with Crippen molar-refractivity contribution >= 4 is 5.97 Å². The van der Waals surface area contributed by atoms with Crippen molar-refractivity contribution in [2.24, 2.45) is 11.8 Å². The first kappa shape index (κ1) is 15.8. The fourth-order valence-corrected chi connectivity index (χ4v) is 3.12. The molecular weight excluding hydrogens is 252 g/mol. The van der Waals surface area contributed by atoms with Crippen LogP contribution < -0.4 is 5.32 Å². The van der Waals surface area contributed by atoms with Gasteiger partial charge in [0, 0.05) is 19.1 Å². The number of carbonyl (C=O) groups excluding carboxylic acids is 1. The molecular formula is C16H30N2O2. The van der Waals surface area contributed by atoms with Crippen LogP contribution in [0.2, 0.25) is 0 Å². The Kier molecular flexibility index (Phi) is 5.08. The lowest BCUT2D eigenvalue weighted by molar-refractivity contribution is -0.151. The average molecular weight is 282 g/mol. The van der Waals surface area contributed by atoms with E-state index in [1.165, 1.54) is 20.0 Å². The van der Waals surface area contributed by atoms with Crippen LogP contribution in [0.15, 0.2) is 0 Å². The van der Waals surface area contributed by atoms with Crippen LogP contribution >= 0.6 is 0 Å². The van der Waals surface area contributed by atoms with Crippen molar-refractivity contribution in [1.29, 1.82) is 0 Å². The topological polar surface area (TPSA) is 41.6 Å². The molecule has 0 amide bonds. The second-order valence-electron chi connectivity index (χ2n) is 6.73. The lowest BCUT2D eigenvalue weighted by Crippen LogP contribution is -2.62. The molecule has 0 bridgehead atoms. The number of hydrogen-bond acceptors (Lipinski definition) is 4. The number of carbonyl (C=O) groups is 1. The van der Waals surface area contributed by atoms with Crippen LogP contribution in [-0.4, -0.2) is 49.2 Å². The molecule has 2 rings (SSSR count). The maximum Gasteiger partial charge on any atom is 0.327 e. The Morgan fingerprint density at radius 1 is 1.35 bits per heavy atom. The molecule has 4 nitrogen and oxygen atoms in total. The number of nitrogens with zero attached hydrogens (tertiary/aromatic N) is 1. The van der Waals surface area contributed by atoms with Crippen molar-refractivity contribution in [3.63, 3.8) is 0 Å². The maximum atomic E-state index is 12.5. The number of likely N-dealkylation sites (N-methyl/N-ethyl adjacent to an activating group) is 1. The van der Waals surface area contributed by atoms with Gasteiger partial charge in [0.05, 0.1) is 7.11 Å². The highest BCUT2D eigenvalue weighted by molar-refractivity contribution is 5.82. The van der Waals surface area contributed by atoms with Gasteiger partial charge in [-0.1, -0.05) is 6.92 Å². The number of rotatable bonds is 9. The van der Waals surface area contributed by atoms with Gasteiger partial charge in [-0.15, -0.1) is 0 Å². The van der Waals surface area contributed by atoms with Crippen molar-refractivity contribution in [3.8, 4) is 0 Å². The quantitative estimate of drug-likeness (QED) is 0.657. The van der Waals surface area contributed by atoms with Crippen molar-refractivity contribution in [2.75, 3.05) is 26.7 Å². The summed E-state index contributed by atoms with van der Waals surface area (Å²) in [4.78, 5) is 14.9. The van der Waals surface area contributed by atoms with E-state index >= 15 is 0 Å². The molecule has 2 saturated carbocycles. The van der Waals surface area contributed by atoms with E-state index in [2.05, 4.69) is 31.0 Å². The Labute approximate surface area is 123 Å². The van der Waals surface area contributed by atoms with E-state index < -0.39 is 5.54 Å². The standard InChI is InChI=1S/C16H30N2O2/c1-5-17-16(14-8-9-14,15(19)20-4)11-18(12(2)3)10-13-6-7-13/h12-14,17H,5-11H2,1-4H3. The summed E-state index contributed by atoms with van der Waals surface area (Å²) in [5.41, 5.74) is -0.497. The van der Waals surface area contributed by atoms with Gasteiger partial charge in [-0.2, -0.15) is 0 Å². The molecule has 0 aromatic rings. The summed E-state index contributed by atoms with van der Waals surface area (Å²) in [6.07, 6.45) is 4.97. The lowest BCUT2D eigenvalue weighted by atomic mass is 9.91. The van der Waals surface area contributed by atoms with E-state index in [9.17, 15) is 4.79 Å². The summed E-state index contributed by atoms with van der Waals surface area (Å²) in [5.74, 6) is 1.20. The van der Waals surface area contributed by atoms with E-state index in [1.54, 1.807) is 0 Å². The Bertz CT molecular complexity index is 337. The SMILES string of the molecule is CCNC(CN(CC1CC1)C(C)C)(C(=O)OC)C1CC1. The van der Waals surface area contributed by atoms with Crippen LogP contribution in [0, 0.1) is 11.8 Å². The van der Waals surface area contributed by atoms with Gasteiger partial charge >= 0.3 is 5.97 Å². The highest BCUT2D eigenvalue weighted by atomic mass is 16.5. The number of esters is 1. The van der Waals surface area contributed by atoms with Crippen LogP contribution in [0.25, 0.3) is 0 Å². The van der Waals surface area contributed by atoms with Crippen LogP contribution in [0.5, 0.6) is 0 Å². The van der Waals surface area contributed by atoms with Gasteiger partial charge in [-0.25, -0.2) is 4.79 Å². The molecule has 0 heterocycles. The molecule has 1 unspecified atom stereocenters. The van der Waals surface area contributed by atoms with Gasteiger partial charge < -0.3 is 10.1 Å². The van der Waals surface area contributed by atoms with E-state index in [-0.39, 0.29) is 5.97 Å². The molecule has 20 heavy (non-hydrogen) atoms. The highest BCUT2D eigenvalue weighted by Crippen LogP contribution is 2.42. The smallest absolute Gasteiger partial charge is 0.327 e. The average Bonchev–Trinajstić information content (AvgIpc) is 3.28. The molecule has 0 aliphatic heterocycles. The molecule has 0 saturated heterocycles. The third-order valence-electron chi connectivity index (χ3n) is 4.69. The van der Waals surface area contributed by atoms with Crippen molar-refractivity contribution < 1.29 is 9.53 Å². The summed E-state index contributed by atoms with van der Waals surface area (Å²) in [5, 5.41) is 3.47. The van der Waals surface area contributed by atoms with Gasteiger partial charge in [-0.3, -0.25) is 4.90 Å². The van der Waals surface area contributed by atoms with E-state index in [0.29, 0.717) is 12.0 Å².